The predicted molar refractivity (Wildman–Crippen MR) is 80.0 cm³/mol. The summed E-state index contributed by atoms with van der Waals surface area (Å²) in [7, 11) is 0. The summed E-state index contributed by atoms with van der Waals surface area (Å²) < 4.78 is 14.7. The van der Waals surface area contributed by atoms with Crippen LogP contribution in [0.4, 0.5) is 4.39 Å². The summed E-state index contributed by atoms with van der Waals surface area (Å²) >= 11 is 0. The van der Waals surface area contributed by atoms with Crippen molar-refractivity contribution in [3.63, 3.8) is 0 Å². The summed E-state index contributed by atoms with van der Waals surface area (Å²) in [5.74, 6) is 0.598. The van der Waals surface area contributed by atoms with Crippen LogP contribution in [0.3, 0.4) is 0 Å². The Kier molecular flexibility index (Phi) is 3.85. The summed E-state index contributed by atoms with van der Waals surface area (Å²) in [5.41, 5.74) is 2.89. The van der Waals surface area contributed by atoms with Gasteiger partial charge in [-0.25, -0.2) is 9.07 Å². The minimum atomic E-state index is -0.245. The summed E-state index contributed by atoms with van der Waals surface area (Å²) in [4.78, 5) is 4.37. The van der Waals surface area contributed by atoms with Crippen molar-refractivity contribution in [2.75, 3.05) is 13.1 Å². The number of rotatable bonds is 3. The van der Waals surface area contributed by atoms with Crippen LogP contribution in [0.5, 0.6) is 0 Å². The molecule has 0 unspecified atom stereocenters. The second kappa shape index (κ2) is 5.95. The van der Waals surface area contributed by atoms with Gasteiger partial charge >= 0.3 is 0 Å². The summed E-state index contributed by atoms with van der Waals surface area (Å²) in [6.45, 7) is 4.45. The zero-order valence-corrected chi connectivity index (χ0v) is 11.9. The van der Waals surface area contributed by atoms with Crippen LogP contribution in [0.2, 0.25) is 0 Å². The minimum absolute atomic E-state index is 0.245. The highest BCUT2D eigenvalue weighted by molar-refractivity contribution is 5.80. The molecule has 1 aliphatic heterocycles. The molecule has 0 bridgehead atoms. The zero-order valence-electron chi connectivity index (χ0n) is 11.9. The van der Waals surface area contributed by atoms with E-state index in [4.69, 9.17) is 0 Å². The fourth-order valence-electron chi connectivity index (χ4n) is 2.23. The Hall–Kier alpha value is -2.37. The minimum Gasteiger partial charge on any atom is -0.356 e. The van der Waals surface area contributed by atoms with Gasteiger partial charge in [0.05, 0.1) is 11.4 Å². The van der Waals surface area contributed by atoms with Crippen LogP contribution in [0, 0.1) is 12.7 Å². The van der Waals surface area contributed by atoms with E-state index in [1.807, 2.05) is 13.1 Å². The normalized spacial score (nSPS) is 14.5. The topological polar surface area (TPSA) is 54.2 Å². The second-order valence-corrected chi connectivity index (χ2v) is 5.02. The van der Waals surface area contributed by atoms with Crippen LogP contribution in [-0.4, -0.2) is 28.8 Å². The molecule has 0 atom stereocenters. The molecule has 3 rings (SSSR count). The van der Waals surface area contributed by atoms with E-state index in [9.17, 15) is 4.39 Å². The fraction of sp³-hybridized carbons (Fsp3) is 0.333. The van der Waals surface area contributed by atoms with Gasteiger partial charge in [0, 0.05) is 31.4 Å². The van der Waals surface area contributed by atoms with E-state index in [1.54, 1.807) is 16.8 Å². The van der Waals surface area contributed by atoms with Crippen molar-refractivity contribution in [3.05, 3.63) is 47.5 Å². The smallest absolute Gasteiger partial charge is 0.191 e. The van der Waals surface area contributed by atoms with Gasteiger partial charge in [-0.05, 0) is 37.6 Å². The molecule has 6 heteroatoms. The van der Waals surface area contributed by atoms with Crippen LogP contribution >= 0.6 is 0 Å². The first kappa shape index (κ1) is 13.6. The van der Waals surface area contributed by atoms with Crippen molar-refractivity contribution in [1.29, 1.82) is 0 Å². The second-order valence-electron chi connectivity index (χ2n) is 5.02. The van der Waals surface area contributed by atoms with Crippen molar-refractivity contribution in [2.24, 2.45) is 4.99 Å². The third-order valence-corrected chi connectivity index (χ3v) is 3.44. The fourth-order valence-corrected chi connectivity index (χ4v) is 2.23. The summed E-state index contributed by atoms with van der Waals surface area (Å²) in [5, 5.41) is 11.0. The molecule has 0 amide bonds. The average Bonchev–Trinajstić information content (AvgIpc) is 2.88. The summed E-state index contributed by atoms with van der Waals surface area (Å²) in [6.07, 6.45) is 3.03. The Bertz CT molecular complexity index is 645. The van der Waals surface area contributed by atoms with Gasteiger partial charge in [-0.1, -0.05) is 0 Å². The highest BCUT2D eigenvalue weighted by atomic mass is 19.1. The first-order valence-electron chi connectivity index (χ1n) is 7.05. The highest BCUT2D eigenvalue weighted by Crippen LogP contribution is 2.12. The number of benzene rings is 1. The van der Waals surface area contributed by atoms with Crippen molar-refractivity contribution in [2.45, 2.75) is 19.9 Å². The predicted octanol–water partition coefficient (Wildman–Crippen LogP) is 1.76. The molecule has 1 aromatic heterocycles. The maximum atomic E-state index is 13.0. The first-order valence-corrected chi connectivity index (χ1v) is 7.05. The van der Waals surface area contributed by atoms with Gasteiger partial charge in [-0.3, -0.25) is 4.99 Å². The number of guanidine groups is 1. The van der Waals surface area contributed by atoms with Gasteiger partial charge in [0.15, 0.2) is 5.96 Å². The molecule has 2 aromatic rings. The lowest BCUT2D eigenvalue weighted by atomic mass is 10.2. The van der Waals surface area contributed by atoms with Gasteiger partial charge in [0.25, 0.3) is 0 Å². The number of aromatic nitrogens is 2. The largest absolute Gasteiger partial charge is 0.356 e. The molecule has 1 aromatic carbocycles. The average molecular weight is 287 g/mol. The highest BCUT2D eigenvalue weighted by Gasteiger charge is 2.08. The molecular formula is C15H18FN5. The molecule has 0 saturated heterocycles. The Balaban J connectivity index is 1.72. The number of halogens is 1. The standard InChI is InChI=1S/C15H18FN5/c1-11-12(9-19-15-17-7-2-8-18-15)10-21(20-11)14-5-3-13(16)4-6-14/h3-6,10H,2,7-9H2,1H3,(H2,17,18,19). The molecule has 21 heavy (non-hydrogen) atoms. The van der Waals surface area contributed by atoms with Crippen molar-refractivity contribution < 1.29 is 4.39 Å². The Labute approximate surface area is 122 Å². The SMILES string of the molecule is Cc1nn(-c2ccc(F)cc2)cc1CNC1=NCCCN1. The molecule has 1 aliphatic rings. The lowest BCUT2D eigenvalue weighted by Crippen LogP contribution is -2.40. The number of nitrogens with one attached hydrogen (secondary N) is 2. The van der Waals surface area contributed by atoms with Crippen LogP contribution in [0.15, 0.2) is 35.5 Å². The molecule has 0 aliphatic carbocycles. The van der Waals surface area contributed by atoms with E-state index >= 15 is 0 Å². The third kappa shape index (κ3) is 3.21. The number of aliphatic imine (C=N–C) groups is 1. The molecule has 0 spiro atoms. The van der Waals surface area contributed by atoms with Crippen LogP contribution < -0.4 is 10.6 Å². The van der Waals surface area contributed by atoms with Gasteiger partial charge in [-0.15, -0.1) is 0 Å². The Morgan fingerprint density at radius 2 is 2.14 bits per heavy atom. The van der Waals surface area contributed by atoms with Crippen molar-refractivity contribution in [3.8, 4) is 5.69 Å². The lowest BCUT2D eigenvalue weighted by molar-refractivity contribution is 0.627. The van der Waals surface area contributed by atoms with Crippen LogP contribution in [-0.2, 0) is 6.54 Å². The van der Waals surface area contributed by atoms with Gasteiger partial charge in [-0.2, -0.15) is 5.10 Å². The van der Waals surface area contributed by atoms with E-state index in [0.29, 0.717) is 6.54 Å². The molecule has 0 fully saturated rings. The van der Waals surface area contributed by atoms with Crippen LogP contribution in [0.1, 0.15) is 17.7 Å². The van der Waals surface area contributed by atoms with Crippen molar-refractivity contribution >= 4 is 5.96 Å². The number of nitrogens with zero attached hydrogens (tertiary/aromatic N) is 3. The Morgan fingerprint density at radius 3 is 2.86 bits per heavy atom. The number of aryl methyl sites for hydroxylation is 1. The molecular weight excluding hydrogens is 269 g/mol. The molecule has 2 N–H and O–H groups in total. The zero-order chi connectivity index (χ0) is 14.7. The van der Waals surface area contributed by atoms with Gasteiger partial charge in [0.1, 0.15) is 5.82 Å². The number of hydrogen-bond acceptors (Lipinski definition) is 4. The maximum Gasteiger partial charge on any atom is 0.191 e. The molecule has 0 saturated carbocycles. The van der Waals surface area contributed by atoms with Crippen LogP contribution in [0.25, 0.3) is 5.69 Å². The molecule has 0 radical (unpaired) electrons. The summed E-state index contributed by atoms with van der Waals surface area (Å²) in [6, 6.07) is 6.30. The van der Waals surface area contributed by atoms with E-state index in [1.165, 1.54) is 12.1 Å². The first-order chi connectivity index (χ1) is 10.2. The van der Waals surface area contributed by atoms with E-state index < -0.39 is 0 Å². The van der Waals surface area contributed by atoms with E-state index in [0.717, 1.165) is 42.4 Å². The quantitative estimate of drug-likeness (QED) is 0.904. The van der Waals surface area contributed by atoms with Crippen molar-refractivity contribution in [1.82, 2.24) is 20.4 Å². The van der Waals surface area contributed by atoms with E-state index in [2.05, 4.69) is 20.7 Å². The lowest BCUT2D eigenvalue weighted by Gasteiger charge is -2.15. The molecule has 2 heterocycles. The van der Waals surface area contributed by atoms with Gasteiger partial charge in [0.2, 0.25) is 0 Å². The van der Waals surface area contributed by atoms with Gasteiger partial charge < -0.3 is 10.6 Å². The number of hydrogen-bond donors (Lipinski definition) is 2. The maximum absolute atomic E-state index is 13.0. The molecule has 110 valence electrons. The Morgan fingerprint density at radius 1 is 1.33 bits per heavy atom. The monoisotopic (exact) mass is 287 g/mol. The van der Waals surface area contributed by atoms with E-state index in [-0.39, 0.29) is 5.82 Å². The molecule has 5 nitrogen and oxygen atoms in total. The third-order valence-electron chi connectivity index (χ3n) is 3.44.